The number of benzene rings is 1. The fourth-order valence-corrected chi connectivity index (χ4v) is 4.99. The molecule has 0 bridgehead atoms. The molecule has 0 spiro atoms. The average Bonchev–Trinajstić information content (AvgIpc) is 3.17. The smallest absolute Gasteiger partial charge is 0.307 e. The lowest BCUT2D eigenvalue weighted by Gasteiger charge is -2.24. The summed E-state index contributed by atoms with van der Waals surface area (Å²) in [6.45, 7) is 1.02. The molecular weight excluding hydrogens is 356 g/mol. The third-order valence-electron chi connectivity index (χ3n) is 4.89. The molecule has 1 saturated heterocycles. The average molecular weight is 378 g/mol. The standard InChI is InChI=1S/C18H22N2O5S/c21-17(15-8-1-2-9-16(15)18(22)23)19-13-6-5-7-14(12-13)26(24,25)20-10-3-4-11-20/h1-2,5-7,12,15-16H,3-4,8-11H2,(H,19,21)(H,22,23)/t15-,16-/m0/s1. The van der Waals surface area contributed by atoms with Gasteiger partial charge in [0, 0.05) is 18.8 Å². The number of carbonyl (C=O) groups is 2. The lowest BCUT2D eigenvalue weighted by Crippen LogP contribution is -2.34. The number of hydrogen-bond acceptors (Lipinski definition) is 4. The van der Waals surface area contributed by atoms with E-state index in [4.69, 9.17) is 0 Å². The second kappa shape index (κ2) is 7.59. The van der Waals surface area contributed by atoms with Crippen LogP contribution in [0.2, 0.25) is 0 Å². The molecule has 1 aliphatic carbocycles. The lowest BCUT2D eigenvalue weighted by atomic mass is 9.82. The van der Waals surface area contributed by atoms with Gasteiger partial charge in [-0.25, -0.2) is 8.42 Å². The number of aliphatic carboxylic acids is 1. The molecule has 1 amide bonds. The first-order valence-electron chi connectivity index (χ1n) is 8.68. The number of amides is 1. The fraction of sp³-hybridized carbons (Fsp3) is 0.444. The Kier molecular flexibility index (Phi) is 5.43. The number of nitrogens with zero attached hydrogens (tertiary/aromatic N) is 1. The van der Waals surface area contributed by atoms with E-state index in [1.54, 1.807) is 24.3 Å². The van der Waals surface area contributed by atoms with Crippen LogP contribution in [0.3, 0.4) is 0 Å². The van der Waals surface area contributed by atoms with Gasteiger partial charge in [-0.3, -0.25) is 9.59 Å². The van der Waals surface area contributed by atoms with Crippen LogP contribution >= 0.6 is 0 Å². The molecule has 1 fully saturated rings. The maximum absolute atomic E-state index is 12.6. The number of carboxylic acids is 1. The molecular formula is C18H22N2O5S. The summed E-state index contributed by atoms with van der Waals surface area (Å²) < 4.78 is 26.7. The van der Waals surface area contributed by atoms with Crippen molar-refractivity contribution in [3.63, 3.8) is 0 Å². The van der Waals surface area contributed by atoms with Crippen molar-refractivity contribution >= 4 is 27.6 Å². The van der Waals surface area contributed by atoms with Crippen molar-refractivity contribution in [2.75, 3.05) is 18.4 Å². The van der Waals surface area contributed by atoms with Crippen molar-refractivity contribution in [1.82, 2.24) is 4.31 Å². The SMILES string of the molecule is O=C(O)[C@H]1CC=CC[C@@H]1C(=O)Nc1cccc(S(=O)(=O)N2CCCC2)c1. The van der Waals surface area contributed by atoms with Gasteiger partial charge in [-0.2, -0.15) is 4.31 Å². The fourth-order valence-electron chi connectivity index (χ4n) is 3.42. The van der Waals surface area contributed by atoms with Crippen molar-refractivity contribution < 1.29 is 23.1 Å². The highest BCUT2D eigenvalue weighted by Crippen LogP contribution is 2.28. The normalized spacial score (nSPS) is 23.7. The Labute approximate surface area is 152 Å². The quantitative estimate of drug-likeness (QED) is 0.764. The van der Waals surface area contributed by atoms with Gasteiger partial charge < -0.3 is 10.4 Å². The molecule has 1 heterocycles. The van der Waals surface area contributed by atoms with E-state index in [9.17, 15) is 23.1 Å². The molecule has 140 valence electrons. The third-order valence-corrected chi connectivity index (χ3v) is 6.79. The molecule has 3 rings (SSSR count). The van der Waals surface area contributed by atoms with Gasteiger partial charge in [0.05, 0.1) is 16.7 Å². The van der Waals surface area contributed by atoms with E-state index in [1.165, 1.54) is 16.4 Å². The van der Waals surface area contributed by atoms with Gasteiger partial charge in [-0.15, -0.1) is 0 Å². The Bertz CT molecular complexity index is 828. The minimum absolute atomic E-state index is 0.135. The molecule has 0 aromatic heterocycles. The van der Waals surface area contributed by atoms with Crippen LogP contribution in [0.1, 0.15) is 25.7 Å². The highest BCUT2D eigenvalue weighted by atomic mass is 32.2. The van der Waals surface area contributed by atoms with Gasteiger partial charge in [0.15, 0.2) is 0 Å². The summed E-state index contributed by atoms with van der Waals surface area (Å²) in [7, 11) is -3.57. The molecule has 2 aliphatic rings. The first-order valence-corrected chi connectivity index (χ1v) is 10.1. The van der Waals surface area contributed by atoms with Crippen LogP contribution in [0.4, 0.5) is 5.69 Å². The number of nitrogens with one attached hydrogen (secondary N) is 1. The number of sulfonamides is 1. The molecule has 2 N–H and O–H groups in total. The van der Waals surface area contributed by atoms with Gasteiger partial charge in [0.25, 0.3) is 0 Å². The van der Waals surface area contributed by atoms with E-state index < -0.39 is 33.7 Å². The molecule has 26 heavy (non-hydrogen) atoms. The summed E-state index contributed by atoms with van der Waals surface area (Å²) >= 11 is 0. The zero-order valence-electron chi connectivity index (χ0n) is 14.3. The summed E-state index contributed by atoms with van der Waals surface area (Å²) in [5.41, 5.74) is 0.356. The van der Waals surface area contributed by atoms with Gasteiger partial charge in [0.2, 0.25) is 15.9 Å². The molecule has 1 aliphatic heterocycles. The second-order valence-corrected chi connectivity index (χ2v) is 8.56. The van der Waals surface area contributed by atoms with Crippen LogP contribution in [0.15, 0.2) is 41.3 Å². The lowest BCUT2D eigenvalue weighted by molar-refractivity contribution is -0.146. The largest absolute Gasteiger partial charge is 0.481 e. The predicted molar refractivity (Wildman–Crippen MR) is 96.1 cm³/mol. The number of carboxylic acid groups (broad SMARTS) is 1. The monoisotopic (exact) mass is 378 g/mol. The van der Waals surface area contributed by atoms with Crippen LogP contribution in [0, 0.1) is 11.8 Å². The minimum atomic E-state index is -3.57. The van der Waals surface area contributed by atoms with E-state index in [1.807, 2.05) is 0 Å². The topological polar surface area (TPSA) is 104 Å². The number of anilines is 1. The summed E-state index contributed by atoms with van der Waals surface area (Å²) in [5.74, 6) is -2.84. The summed E-state index contributed by atoms with van der Waals surface area (Å²) in [5, 5.41) is 12.0. The van der Waals surface area contributed by atoms with Gasteiger partial charge in [-0.1, -0.05) is 18.2 Å². The Morgan fingerprint density at radius 3 is 2.38 bits per heavy atom. The molecule has 1 aromatic rings. The molecule has 8 heteroatoms. The van der Waals surface area contributed by atoms with Crippen molar-refractivity contribution in [1.29, 1.82) is 0 Å². The van der Waals surface area contributed by atoms with Gasteiger partial charge in [-0.05, 0) is 43.9 Å². The Balaban J connectivity index is 1.77. The van der Waals surface area contributed by atoms with Crippen LogP contribution in [-0.4, -0.2) is 42.8 Å². The molecule has 0 unspecified atom stereocenters. The molecule has 1 aromatic carbocycles. The number of carbonyl (C=O) groups excluding carboxylic acids is 1. The maximum Gasteiger partial charge on any atom is 0.307 e. The van der Waals surface area contributed by atoms with Gasteiger partial charge in [0.1, 0.15) is 0 Å². The summed E-state index contributed by atoms with van der Waals surface area (Å²) in [6.07, 6.45) is 5.94. The van der Waals surface area contributed by atoms with Crippen LogP contribution in [-0.2, 0) is 19.6 Å². The Morgan fingerprint density at radius 2 is 1.73 bits per heavy atom. The Morgan fingerprint density at radius 1 is 1.08 bits per heavy atom. The van der Waals surface area contributed by atoms with Crippen molar-refractivity contribution in [2.45, 2.75) is 30.6 Å². The van der Waals surface area contributed by atoms with Crippen molar-refractivity contribution in [3.8, 4) is 0 Å². The second-order valence-electron chi connectivity index (χ2n) is 6.62. The zero-order valence-corrected chi connectivity index (χ0v) is 15.1. The van der Waals surface area contributed by atoms with Crippen molar-refractivity contribution in [2.24, 2.45) is 11.8 Å². The van der Waals surface area contributed by atoms with E-state index >= 15 is 0 Å². The van der Waals surface area contributed by atoms with Crippen LogP contribution in [0.5, 0.6) is 0 Å². The predicted octanol–water partition coefficient (Wildman–Crippen LogP) is 2.08. The van der Waals surface area contributed by atoms with E-state index in [-0.39, 0.29) is 4.90 Å². The Hall–Kier alpha value is -2.19. The molecule has 0 saturated carbocycles. The zero-order chi connectivity index (χ0) is 18.7. The minimum Gasteiger partial charge on any atom is -0.481 e. The highest BCUT2D eigenvalue weighted by Gasteiger charge is 2.34. The third kappa shape index (κ3) is 3.81. The maximum atomic E-state index is 12.6. The summed E-state index contributed by atoms with van der Waals surface area (Å²) in [6, 6.07) is 6.12. The molecule has 7 nitrogen and oxygen atoms in total. The van der Waals surface area contributed by atoms with E-state index in [2.05, 4.69) is 5.32 Å². The molecule has 0 radical (unpaired) electrons. The molecule has 2 atom stereocenters. The van der Waals surface area contributed by atoms with Crippen LogP contribution in [0.25, 0.3) is 0 Å². The van der Waals surface area contributed by atoms with Crippen molar-refractivity contribution in [3.05, 3.63) is 36.4 Å². The highest BCUT2D eigenvalue weighted by molar-refractivity contribution is 7.89. The van der Waals surface area contributed by atoms with E-state index in [0.717, 1.165) is 12.8 Å². The van der Waals surface area contributed by atoms with E-state index in [0.29, 0.717) is 31.6 Å². The number of hydrogen-bond donors (Lipinski definition) is 2. The van der Waals surface area contributed by atoms with Gasteiger partial charge >= 0.3 is 5.97 Å². The summed E-state index contributed by atoms with van der Waals surface area (Å²) in [4.78, 5) is 24.0. The van der Waals surface area contributed by atoms with Crippen LogP contribution < -0.4 is 5.32 Å². The number of rotatable bonds is 5. The first-order chi connectivity index (χ1) is 12.4. The first kappa shape index (κ1) is 18.6. The number of allylic oxidation sites excluding steroid dienone is 2.